The molecule has 1 rings (SSSR count). The van der Waals surface area contributed by atoms with Crippen molar-refractivity contribution in [3.63, 3.8) is 0 Å². The molecule has 0 spiro atoms. The van der Waals surface area contributed by atoms with Crippen LogP contribution >= 0.6 is 0 Å². The van der Waals surface area contributed by atoms with Crippen molar-refractivity contribution in [2.24, 2.45) is 5.92 Å². The second-order valence-corrected chi connectivity index (χ2v) is 3.34. The van der Waals surface area contributed by atoms with Gasteiger partial charge < -0.3 is 4.90 Å². The van der Waals surface area contributed by atoms with E-state index in [4.69, 9.17) is 0 Å². The lowest BCUT2D eigenvalue weighted by Gasteiger charge is -2.30. The number of rotatable bonds is 2. The molecule has 0 radical (unpaired) electrons. The molecule has 12 heavy (non-hydrogen) atoms. The van der Waals surface area contributed by atoms with E-state index in [0.717, 1.165) is 12.2 Å². The Morgan fingerprint density at radius 1 is 1.50 bits per heavy atom. The van der Waals surface area contributed by atoms with E-state index in [2.05, 4.69) is 50.5 Å². The third kappa shape index (κ3) is 1.60. The summed E-state index contributed by atoms with van der Waals surface area (Å²) in [5, 5.41) is 0. The quantitative estimate of drug-likeness (QED) is 0.605. The summed E-state index contributed by atoms with van der Waals surface area (Å²) < 4.78 is 0. The van der Waals surface area contributed by atoms with Gasteiger partial charge in [-0.05, 0) is 25.0 Å². The molecule has 0 aromatic carbocycles. The van der Waals surface area contributed by atoms with Crippen LogP contribution in [0.3, 0.4) is 0 Å². The van der Waals surface area contributed by atoms with E-state index in [1.54, 1.807) is 0 Å². The Hall–Kier alpha value is -0.980. The first-order chi connectivity index (χ1) is 5.66. The Morgan fingerprint density at radius 3 is 2.58 bits per heavy atom. The number of hydrogen-bond acceptors (Lipinski definition) is 1. The van der Waals surface area contributed by atoms with Crippen LogP contribution in [0, 0.1) is 5.92 Å². The van der Waals surface area contributed by atoms with Gasteiger partial charge in [-0.3, -0.25) is 0 Å². The van der Waals surface area contributed by atoms with Crippen molar-refractivity contribution in [2.75, 3.05) is 6.54 Å². The van der Waals surface area contributed by atoms with Gasteiger partial charge in [-0.15, -0.1) is 0 Å². The molecule has 0 fully saturated rings. The van der Waals surface area contributed by atoms with Crippen molar-refractivity contribution in [3.8, 4) is 0 Å². The van der Waals surface area contributed by atoms with Crippen LogP contribution in [0.1, 0.15) is 20.8 Å². The summed E-state index contributed by atoms with van der Waals surface area (Å²) in [6.45, 7) is 11.6. The maximum Gasteiger partial charge on any atom is 0.0335 e. The van der Waals surface area contributed by atoms with Crippen molar-refractivity contribution < 1.29 is 0 Å². The van der Waals surface area contributed by atoms with Crippen molar-refractivity contribution in [2.45, 2.75) is 20.8 Å². The second-order valence-electron chi connectivity index (χ2n) is 3.34. The van der Waals surface area contributed by atoms with Crippen LogP contribution in [0.15, 0.2) is 36.2 Å². The normalized spacial score (nSPS) is 17.2. The molecule has 0 bridgehead atoms. The Kier molecular flexibility index (Phi) is 2.74. The molecule has 1 heterocycles. The molecule has 0 aliphatic carbocycles. The van der Waals surface area contributed by atoms with E-state index in [1.165, 1.54) is 5.70 Å². The maximum atomic E-state index is 4.00. The first-order valence-electron chi connectivity index (χ1n) is 4.51. The van der Waals surface area contributed by atoms with Gasteiger partial charge in [0, 0.05) is 17.9 Å². The standard InChI is InChI=1S/C11H17N/c1-5-12-10(4)7-6-8-11(12)9(2)3/h6-9H,4-5H2,1-3H3. The van der Waals surface area contributed by atoms with Crippen LogP contribution in [0.4, 0.5) is 0 Å². The molecule has 0 aromatic rings. The molecule has 0 saturated carbocycles. The maximum absolute atomic E-state index is 4.00. The first-order valence-corrected chi connectivity index (χ1v) is 4.51. The van der Waals surface area contributed by atoms with Crippen LogP contribution in [-0.4, -0.2) is 11.4 Å². The number of allylic oxidation sites excluding steroid dienone is 4. The molecule has 1 aliphatic heterocycles. The average Bonchev–Trinajstić information content (AvgIpc) is 2.03. The molecule has 0 unspecified atom stereocenters. The highest BCUT2D eigenvalue weighted by atomic mass is 15.1. The number of hydrogen-bond donors (Lipinski definition) is 0. The molecule has 0 N–H and O–H groups in total. The molecule has 0 saturated heterocycles. The zero-order valence-corrected chi connectivity index (χ0v) is 8.17. The summed E-state index contributed by atoms with van der Waals surface area (Å²) in [4.78, 5) is 2.25. The van der Waals surface area contributed by atoms with E-state index in [9.17, 15) is 0 Å². The van der Waals surface area contributed by atoms with E-state index < -0.39 is 0 Å². The van der Waals surface area contributed by atoms with Gasteiger partial charge in [0.2, 0.25) is 0 Å². The van der Waals surface area contributed by atoms with Gasteiger partial charge in [0.25, 0.3) is 0 Å². The van der Waals surface area contributed by atoms with E-state index in [-0.39, 0.29) is 0 Å². The Morgan fingerprint density at radius 2 is 2.17 bits per heavy atom. The van der Waals surface area contributed by atoms with Crippen molar-refractivity contribution in [1.29, 1.82) is 0 Å². The summed E-state index contributed by atoms with van der Waals surface area (Å²) >= 11 is 0. The summed E-state index contributed by atoms with van der Waals surface area (Å²) in [7, 11) is 0. The highest BCUT2D eigenvalue weighted by molar-refractivity contribution is 5.31. The molecule has 1 nitrogen and oxygen atoms in total. The molecule has 0 atom stereocenters. The lowest BCUT2D eigenvalue weighted by atomic mass is 10.1. The van der Waals surface area contributed by atoms with Gasteiger partial charge >= 0.3 is 0 Å². The van der Waals surface area contributed by atoms with Crippen molar-refractivity contribution >= 4 is 0 Å². The minimum atomic E-state index is 0.576. The molecule has 66 valence electrons. The SMILES string of the molecule is C=C1C=CC=C(C(C)C)N1CC. The fourth-order valence-electron chi connectivity index (χ4n) is 1.49. The fourth-order valence-corrected chi connectivity index (χ4v) is 1.49. The van der Waals surface area contributed by atoms with Gasteiger partial charge in [0.05, 0.1) is 0 Å². The Balaban J connectivity index is 2.88. The molecular formula is C11H17N. The summed E-state index contributed by atoms with van der Waals surface area (Å²) in [6.07, 6.45) is 6.29. The third-order valence-electron chi connectivity index (χ3n) is 2.12. The van der Waals surface area contributed by atoms with Crippen LogP contribution in [0.25, 0.3) is 0 Å². The van der Waals surface area contributed by atoms with E-state index >= 15 is 0 Å². The predicted molar refractivity (Wildman–Crippen MR) is 53.6 cm³/mol. The Labute approximate surface area is 75.1 Å². The van der Waals surface area contributed by atoms with Crippen molar-refractivity contribution in [1.82, 2.24) is 4.90 Å². The highest BCUT2D eigenvalue weighted by Crippen LogP contribution is 2.23. The lowest BCUT2D eigenvalue weighted by molar-refractivity contribution is 0.410. The van der Waals surface area contributed by atoms with E-state index in [1.807, 2.05) is 0 Å². The van der Waals surface area contributed by atoms with Crippen LogP contribution in [-0.2, 0) is 0 Å². The highest BCUT2D eigenvalue weighted by Gasteiger charge is 2.14. The van der Waals surface area contributed by atoms with Crippen LogP contribution in [0.5, 0.6) is 0 Å². The Bertz CT molecular complexity index is 233. The van der Waals surface area contributed by atoms with Gasteiger partial charge in [-0.1, -0.05) is 26.5 Å². The molecule has 0 amide bonds. The molecule has 1 heteroatoms. The van der Waals surface area contributed by atoms with E-state index in [0.29, 0.717) is 5.92 Å². The largest absolute Gasteiger partial charge is 0.346 e. The smallest absolute Gasteiger partial charge is 0.0335 e. The summed E-state index contributed by atoms with van der Waals surface area (Å²) in [5.74, 6) is 0.576. The average molecular weight is 163 g/mol. The van der Waals surface area contributed by atoms with Crippen molar-refractivity contribution in [3.05, 3.63) is 36.2 Å². The van der Waals surface area contributed by atoms with Gasteiger partial charge in [-0.2, -0.15) is 0 Å². The predicted octanol–water partition coefficient (Wildman–Crippen LogP) is 2.93. The monoisotopic (exact) mass is 163 g/mol. The number of nitrogens with zero attached hydrogens (tertiary/aromatic N) is 1. The first kappa shape index (κ1) is 9.11. The zero-order valence-electron chi connectivity index (χ0n) is 8.17. The molecule has 0 aromatic heterocycles. The molecule has 1 aliphatic rings. The van der Waals surface area contributed by atoms with Crippen LogP contribution < -0.4 is 0 Å². The minimum Gasteiger partial charge on any atom is -0.346 e. The topological polar surface area (TPSA) is 3.24 Å². The van der Waals surface area contributed by atoms with Crippen LogP contribution in [0.2, 0.25) is 0 Å². The summed E-state index contributed by atoms with van der Waals surface area (Å²) in [6, 6.07) is 0. The third-order valence-corrected chi connectivity index (χ3v) is 2.12. The second kappa shape index (κ2) is 3.61. The number of likely N-dealkylation sites (N-methyl/N-ethyl adjacent to an activating group) is 1. The lowest BCUT2D eigenvalue weighted by Crippen LogP contribution is -2.25. The molecular weight excluding hydrogens is 146 g/mol. The van der Waals surface area contributed by atoms with Gasteiger partial charge in [0.15, 0.2) is 0 Å². The minimum absolute atomic E-state index is 0.576. The fraction of sp³-hybridized carbons (Fsp3) is 0.455. The van der Waals surface area contributed by atoms with Gasteiger partial charge in [-0.25, -0.2) is 0 Å². The van der Waals surface area contributed by atoms with Gasteiger partial charge in [0.1, 0.15) is 0 Å². The summed E-state index contributed by atoms with van der Waals surface area (Å²) in [5.41, 5.74) is 2.47. The zero-order chi connectivity index (χ0) is 9.14.